The average molecular weight is 1130 g/mol. The highest BCUT2D eigenvalue weighted by Crippen LogP contribution is 2.39. The Kier molecular flexibility index (Phi) is 20.6. The maximum Gasteiger partial charge on any atom is 0.330 e. The van der Waals surface area contributed by atoms with Crippen molar-refractivity contribution >= 4 is 29.5 Å². The van der Waals surface area contributed by atoms with Crippen molar-refractivity contribution in [3.63, 3.8) is 0 Å². The van der Waals surface area contributed by atoms with Gasteiger partial charge in [0, 0.05) is 68.0 Å². The zero-order valence-electron chi connectivity index (χ0n) is 48.6. The lowest BCUT2D eigenvalue weighted by atomic mass is 9.77. The zero-order valence-corrected chi connectivity index (χ0v) is 48.6. The van der Waals surface area contributed by atoms with Gasteiger partial charge in [-0.25, -0.2) is 14.4 Å². The highest BCUT2D eigenvalue weighted by molar-refractivity contribution is 6.09. The predicted octanol–water partition coefficient (Wildman–Crippen LogP) is 15.4. The Balaban J connectivity index is 0.000000243. The maximum atomic E-state index is 12.9. The number of benzene rings is 8. The summed E-state index contributed by atoms with van der Waals surface area (Å²) in [6.07, 6.45) is 3.36. The van der Waals surface area contributed by atoms with E-state index in [4.69, 9.17) is 33.2 Å². The SMILES string of the molecule is C=CC(=O)OCc1cc(C(C)(C)c2ccc(OC)cc2)ccc1Oc1ccc(C(=O)c2ccc(C)cc2)cc1.C=CC(=O)OCc1cc(C(C)(C)c2ccc(Oc3ccc(C(=O)c4ccc(C)cc4)cc3)c(COC(=O)C=C)c2)ccc1OC. The van der Waals surface area contributed by atoms with Crippen LogP contribution in [-0.4, -0.2) is 43.7 Å². The van der Waals surface area contributed by atoms with Crippen LogP contribution < -0.4 is 18.9 Å². The molecule has 0 saturated carbocycles. The molecule has 0 radical (unpaired) electrons. The first-order valence-corrected chi connectivity index (χ1v) is 27.0. The second-order valence-electron chi connectivity index (χ2n) is 20.7. The minimum absolute atomic E-state index is 0.0245. The van der Waals surface area contributed by atoms with Crippen molar-refractivity contribution in [1.29, 1.82) is 0 Å². The van der Waals surface area contributed by atoms with Gasteiger partial charge in [0.25, 0.3) is 0 Å². The summed E-state index contributed by atoms with van der Waals surface area (Å²) in [6, 6.07) is 54.1. The van der Waals surface area contributed by atoms with E-state index < -0.39 is 23.3 Å². The zero-order chi connectivity index (χ0) is 60.6. The van der Waals surface area contributed by atoms with Gasteiger partial charge in [0.15, 0.2) is 11.6 Å². The van der Waals surface area contributed by atoms with E-state index in [1.54, 1.807) is 62.8 Å². The second-order valence-corrected chi connectivity index (χ2v) is 20.7. The summed E-state index contributed by atoms with van der Waals surface area (Å²) in [7, 11) is 3.20. The summed E-state index contributed by atoms with van der Waals surface area (Å²) in [5.74, 6) is 1.80. The Morgan fingerprint density at radius 2 is 0.655 bits per heavy atom. The number of methoxy groups -OCH3 is 2. The molecule has 0 spiro atoms. The molecule has 0 amide bonds. The fraction of sp³-hybridized carbons (Fsp3) is 0.181. The van der Waals surface area contributed by atoms with E-state index in [-0.39, 0.29) is 36.8 Å². The van der Waals surface area contributed by atoms with Gasteiger partial charge >= 0.3 is 17.9 Å². The monoisotopic (exact) mass is 1120 g/mol. The molecule has 84 heavy (non-hydrogen) atoms. The van der Waals surface area contributed by atoms with Crippen molar-refractivity contribution in [1.82, 2.24) is 0 Å². The number of rotatable bonds is 23. The first kappa shape index (κ1) is 61.5. The van der Waals surface area contributed by atoms with Gasteiger partial charge in [-0.3, -0.25) is 9.59 Å². The molecule has 0 bridgehead atoms. The lowest BCUT2D eigenvalue weighted by Crippen LogP contribution is -2.20. The Morgan fingerprint density at radius 3 is 0.976 bits per heavy atom. The smallest absolute Gasteiger partial charge is 0.330 e. The molecule has 8 aromatic carbocycles. The number of hydrogen-bond donors (Lipinski definition) is 0. The van der Waals surface area contributed by atoms with Crippen LogP contribution in [0.2, 0.25) is 0 Å². The fourth-order valence-electron chi connectivity index (χ4n) is 8.95. The second kappa shape index (κ2) is 28.1. The number of carbonyl (C=O) groups excluding carboxylic acids is 5. The molecular weight excluding hydrogens is 1060 g/mol. The van der Waals surface area contributed by atoms with E-state index in [9.17, 15) is 24.0 Å². The summed E-state index contributed by atoms with van der Waals surface area (Å²) in [4.78, 5) is 61.2. The molecule has 0 N–H and O–H groups in total. The average Bonchev–Trinajstić information content (AvgIpc) is 2.77. The van der Waals surface area contributed by atoms with E-state index >= 15 is 0 Å². The van der Waals surface area contributed by atoms with Crippen LogP contribution in [0.5, 0.6) is 34.5 Å². The molecule has 8 rings (SSSR count). The van der Waals surface area contributed by atoms with Gasteiger partial charge < -0.3 is 33.2 Å². The van der Waals surface area contributed by atoms with Gasteiger partial charge in [-0.1, -0.05) is 137 Å². The summed E-state index contributed by atoms with van der Waals surface area (Å²) >= 11 is 0. The summed E-state index contributed by atoms with van der Waals surface area (Å²) in [6.45, 7) is 22.8. The van der Waals surface area contributed by atoms with Crippen LogP contribution in [0, 0.1) is 13.8 Å². The van der Waals surface area contributed by atoms with Crippen LogP contribution >= 0.6 is 0 Å². The first-order chi connectivity index (χ1) is 40.3. The van der Waals surface area contributed by atoms with E-state index in [2.05, 4.69) is 47.4 Å². The number of hydrogen-bond acceptors (Lipinski definition) is 12. The van der Waals surface area contributed by atoms with Gasteiger partial charge in [-0.05, 0) is 133 Å². The van der Waals surface area contributed by atoms with Crippen molar-refractivity contribution < 1.29 is 57.1 Å². The van der Waals surface area contributed by atoms with Crippen LogP contribution in [0.1, 0.15) is 110 Å². The van der Waals surface area contributed by atoms with Crippen molar-refractivity contribution in [3.05, 3.63) is 286 Å². The third-order valence-electron chi connectivity index (χ3n) is 14.3. The van der Waals surface area contributed by atoms with Crippen LogP contribution in [0.4, 0.5) is 0 Å². The Morgan fingerprint density at radius 1 is 0.369 bits per heavy atom. The summed E-state index contributed by atoms with van der Waals surface area (Å²) in [5.41, 5.74) is 9.78. The quantitative estimate of drug-likeness (QED) is 0.0260. The number of esters is 3. The molecule has 0 aliphatic heterocycles. The minimum atomic E-state index is -0.557. The van der Waals surface area contributed by atoms with Crippen molar-refractivity contribution in [3.8, 4) is 34.5 Å². The molecule has 0 saturated heterocycles. The molecule has 0 aliphatic rings. The molecule has 0 unspecified atom stereocenters. The fourth-order valence-corrected chi connectivity index (χ4v) is 8.95. The molecule has 0 aliphatic carbocycles. The highest BCUT2D eigenvalue weighted by Gasteiger charge is 2.28. The first-order valence-electron chi connectivity index (χ1n) is 27.0. The van der Waals surface area contributed by atoms with Crippen LogP contribution in [0.25, 0.3) is 0 Å². The Bertz CT molecular complexity index is 3670. The summed E-state index contributed by atoms with van der Waals surface area (Å²) in [5, 5.41) is 0. The Hall–Kier alpha value is -10.1. The van der Waals surface area contributed by atoms with Gasteiger partial charge in [-0.2, -0.15) is 0 Å². The normalized spacial score (nSPS) is 10.9. The number of ether oxygens (including phenoxy) is 7. The minimum Gasteiger partial charge on any atom is -0.497 e. The molecule has 0 aromatic heterocycles. The highest BCUT2D eigenvalue weighted by atomic mass is 16.5. The number of aryl methyl sites for hydroxylation is 2. The third-order valence-corrected chi connectivity index (χ3v) is 14.3. The van der Waals surface area contributed by atoms with Gasteiger partial charge in [0.1, 0.15) is 54.3 Å². The molecule has 0 fully saturated rings. The van der Waals surface area contributed by atoms with Crippen LogP contribution in [-0.2, 0) is 59.2 Å². The largest absolute Gasteiger partial charge is 0.497 e. The number of ketones is 2. The lowest BCUT2D eigenvalue weighted by molar-refractivity contribution is -0.139. The van der Waals surface area contributed by atoms with Crippen LogP contribution in [0.3, 0.4) is 0 Å². The molecular formula is C72H68O12. The van der Waals surface area contributed by atoms with Gasteiger partial charge in [-0.15, -0.1) is 0 Å². The lowest BCUT2D eigenvalue weighted by Gasteiger charge is -2.28. The van der Waals surface area contributed by atoms with Gasteiger partial charge in [0.2, 0.25) is 0 Å². The predicted molar refractivity (Wildman–Crippen MR) is 325 cm³/mol. The molecule has 0 heterocycles. The molecule has 12 nitrogen and oxygen atoms in total. The summed E-state index contributed by atoms with van der Waals surface area (Å²) < 4.78 is 39.2. The van der Waals surface area contributed by atoms with Crippen LogP contribution in [0.15, 0.2) is 214 Å². The van der Waals surface area contributed by atoms with Crippen molar-refractivity contribution in [2.45, 2.75) is 72.2 Å². The molecule has 8 aromatic rings. The third kappa shape index (κ3) is 15.7. The molecule has 12 heteroatoms. The van der Waals surface area contributed by atoms with Gasteiger partial charge in [0.05, 0.1) is 14.2 Å². The maximum absolute atomic E-state index is 12.9. The van der Waals surface area contributed by atoms with E-state index in [0.717, 1.165) is 57.4 Å². The van der Waals surface area contributed by atoms with E-state index in [0.29, 0.717) is 67.7 Å². The van der Waals surface area contributed by atoms with Crippen molar-refractivity contribution in [2.24, 2.45) is 0 Å². The molecule has 0 atom stereocenters. The van der Waals surface area contributed by atoms with E-state index in [1.165, 1.54) is 0 Å². The van der Waals surface area contributed by atoms with Crippen molar-refractivity contribution in [2.75, 3.05) is 14.2 Å². The standard InChI is InChI=1S/C38H36O7.C34H32O5/c1-7-35(39)43-23-28-21-30(15-19-33(28)42-6)38(4,5)31-16-20-34(29(22-31)24-44-36(40)8-2)45-32-17-13-27(14-18-32)37(41)26-11-9-25(3)10-12-26;1-6-32(35)38-22-26-21-28(34(3,4)27-13-18-29(37-5)19-14-27)15-20-31(26)39-30-16-11-25(12-17-30)33(36)24-9-7-23(2)8-10-24/h7-22H,1-2,23-24H2,3-6H3;6-21H,1,22H2,2-5H3. The molecule has 428 valence electrons. The van der Waals surface area contributed by atoms with E-state index in [1.807, 2.05) is 141 Å². The number of carbonyl (C=O) groups is 5. The topological polar surface area (TPSA) is 150 Å². The Labute approximate surface area is 491 Å².